The van der Waals surface area contributed by atoms with Gasteiger partial charge in [0.25, 0.3) is 0 Å². The van der Waals surface area contributed by atoms with Crippen LogP contribution in [0.4, 0.5) is 0 Å². The molecule has 0 saturated carbocycles. The Morgan fingerprint density at radius 2 is 2.06 bits per heavy atom. The van der Waals surface area contributed by atoms with E-state index in [9.17, 15) is 0 Å². The van der Waals surface area contributed by atoms with Crippen molar-refractivity contribution in [1.82, 2.24) is 10.2 Å². The van der Waals surface area contributed by atoms with Crippen molar-refractivity contribution in [3.05, 3.63) is 0 Å². The molecule has 1 aliphatic heterocycles. The largest absolute Gasteiger partial charge is 0.313 e. The molecule has 0 aromatic carbocycles. The Bertz CT molecular complexity index is 185. The average Bonchev–Trinajstić information content (AvgIpc) is 2.75. The van der Waals surface area contributed by atoms with E-state index in [1.807, 2.05) is 0 Å². The van der Waals surface area contributed by atoms with Crippen molar-refractivity contribution in [2.75, 3.05) is 19.6 Å². The van der Waals surface area contributed by atoms with Crippen LogP contribution >= 0.6 is 0 Å². The second-order valence-corrected chi connectivity index (χ2v) is 6.12. The number of hydrogen-bond acceptors (Lipinski definition) is 2. The van der Waals surface area contributed by atoms with Crippen molar-refractivity contribution < 1.29 is 0 Å². The predicted molar refractivity (Wildman–Crippen MR) is 76.4 cm³/mol. The lowest BCUT2D eigenvalue weighted by molar-refractivity contribution is 0.169. The number of rotatable bonds is 8. The van der Waals surface area contributed by atoms with Crippen LogP contribution in [0.2, 0.25) is 0 Å². The Hall–Kier alpha value is -0.0800. The number of hydrogen-bond donors (Lipinski definition) is 1. The first-order valence-electron chi connectivity index (χ1n) is 7.61. The maximum Gasteiger partial charge on any atom is 0.0195 e. The summed E-state index contributed by atoms with van der Waals surface area (Å²) in [6.45, 7) is 13.1. The van der Waals surface area contributed by atoms with Crippen molar-refractivity contribution in [2.45, 2.75) is 71.9 Å². The Labute approximate surface area is 108 Å². The third kappa shape index (κ3) is 5.87. The highest BCUT2D eigenvalue weighted by molar-refractivity contribution is 4.80. The van der Waals surface area contributed by atoms with E-state index >= 15 is 0 Å². The van der Waals surface area contributed by atoms with Crippen LogP contribution < -0.4 is 5.32 Å². The summed E-state index contributed by atoms with van der Waals surface area (Å²) in [6.07, 6.45) is 6.72. The Kier molecular flexibility index (Phi) is 7.14. The molecule has 1 N–H and O–H groups in total. The normalized spacial score (nSPS) is 22.6. The molecule has 0 aromatic heterocycles. The minimum Gasteiger partial charge on any atom is -0.313 e. The minimum absolute atomic E-state index is 0.740. The van der Waals surface area contributed by atoms with Crippen molar-refractivity contribution in [3.63, 3.8) is 0 Å². The zero-order chi connectivity index (χ0) is 12.7. The van der Waals surface area contributed by atoms with Crippen LogP contribution in [0.5, 0.6) is 0 Å². The molecule has 1 heterocycles. The fourth-order valence-electron chi connectivity index (χ4n) is 2.88. The van der Waals surface area contributed by atoms with Gasteiger partial charge in [0.2, 0.25) is 0 Å². The van der Waals surface area contributed by atoms with Gasteiger partial charge in [0, 0.05) is 18.6 Å². The first kappa shape index (κ1) is 15.0. The molecule has 2 nitrogen and oxygen atoms in total. The standard InChI is InChI=1S/C15H32N2/c1-5-6-10-17(14(4)11-13(2)3)12-15-8-7-9-16-15/h13-16H,5-12H2,1-4H3. The second kappa shape index (κ2) is 8.10. The lowest BCUT2D eigenvalue weighted by atomic mass is 10.0. The maximum atomic E-state index is 3.63. The van der Waals surface area contributed by atoms with Gasteiger partial charge in [0.15, 0.2) is 0 Å². The first-order chi connectivity index (χ1) is 8.13. The van der Waals surface area contributed by atoms with Crippen LogP contribution in [-0.2, 0) is 0 Å². The van der Waals surface area contributed by atoms with Crippen molar-refractivity contribution in [2.24, 2.45) is 5.92 Å². The molecule has 0 radical (unpaired) electrons. The molecule has 2 atom stereocenters. The molecule has 1 fully saturated rings. The molecule has 17 heavy (non-hydrogen) atoms. The van der Waals surface area contributed by atoms with E-state index in [1.54, 1.807) is 0 Å². The second-order valence-electron chi connectivity index (χ2n) is 6.12. The van der Waals surface area contributed by atoms with Gasteiger partial charge < -0.3 is 5.32 Å². The molecule has 0 amide bonds. The van der Waals surface area contributed by atoms with Gasteiger partial charge in [-0.15, -0.1) is 0 Å². The van der Waals surface area contributed by atoms with Crippen molar-refractivity contribution in [3.8, 4) is 0 Å². The molecule has 0 spiro atoms. The molecule has 1 aliphatic rings. The summed E-state index contributed by atoms with van der Waals surface area (Å²) in [7, 11) is 0. The zero-order valence-corrected chi connectivity index (χ0v) is 12.3. The lowest BCUT2D eigenvalue weighted by Gasteiger charge is -2.32. The van der Waals surface area contributed by atoms with Gasteiger partial charge in [-0.1, -0.05) is 27.2 Å². The quantitative estimate of drug-likeness (QED) is 0.700. The van der Waals surface area contributed by atoms with Gasteiger partial charge in [-0.05, 0) is 51.6 Å². The zero-order valence-electron chi connectivity index (χ0n) is 12.3. The fourth-order valence-corrected chi connectivity index (χ4v) is 2.88. The van der Waals surface area contributed by atoms with Crippen LogP contribution in [-0.4, -0.2) is 36.6 Å². The van der Waals surface area contributed by atoms with E-state index in [2.05, 4.69) is 37.9 Å². The van der Waals surface area contributed by atoms with Gasteiger partial charge >= 0.3 is 0 Å². The third-order valence-corrected chi connectivity index (χ3v) is 3.85. The topological polar surface area (TPSA) is 15.3 Å². The van der Waals surface area contributed by atoms with E-state index in [-0.39, 0.29) is 0 Å². The van der Waals surface area contributed by atoms with Crippen LogP contribution in [0.15, 0.2) is 0 Å². The highest BCUT2D eigenvalue weighted by Gasteiger charge is 2.21. The lowest BCUT2D eigenvalue weighted by Crippen LogP contribution is -2.43. The summed E-state index contributed by atoms with van der Waals surface area (Å²) in [5, 5.41) is 3.63. The monoisotopic (exact) mass is 240 g/mol. The Morgan fingerprint density at radius 3 is 2.59 bits per heavy atom. The Morgan fingerprint density at radius 1 is 1.29 bits per heavy atom. The van der Waals surface area contributed by atoms with Crippen molar-refractivity contribution >= 4 is 0 Å². The van der Waals surface area contributed by atoms with Gasteiger partial charge in [-0.3, -0.25) is 4.90 Å². The third-order valence-electron chi connectivity index (χ3n) is 3.85. The molecular formula is C15H32N2. The van der Waals surface area contributed by atoms with E-state index in [4.69, 9.17) is 0 Å². The van der Waals surface area contributed by atoms with Crippen LogP contribution in [0.3, 0.4) is 0 Å². The molecule has 0 aromatic rings. The highest BCUT2D eigenvalue weighted by Crippen LogP contribution is 2.15. The summed E-state index contributed by atoms with van der Waals surface area (Å²) in [4.78, 5) is 2.71. The van der Waals surface area contributed by atoms with Crippen LogP contribution in [0.25, 0.3) is 0 Å². The fraction of sp³-hybridized carbons (Fsp3) is 1.00. The van der Waals surface area contributed by atoms with E-state index < -0.39 is 0 Å². The number of unbranched alkanes of at least 4 members (excludes halogenated alkanes) is 1. The molecule has 0 bridgehead atoms. The van der Waals surface area contributed by atoms with Crippen molar-refractivity contribution in [1.29, 1.82) is 0 Å². The van der Waals surface area contributed by atoms with Gasteiger partial charge in [-0.2, -0.15) is 0 Å². The maximum absolute atomic E-state index is 3.63. The van der Waals surface area contributed by atoms with Gasteiger partial charge in [-0.25, -0.2) is 0 Å². The molecule has 102 valence electrons. The smallest absolute Gasteiger partial charge is 0.0195 e. The molecule has 1 rings (SSSR count). The summed E-state index contributed by atoms with van der Waals surface area (Å²) in [5.41, 5.74) is 0. The van der Waals surface area contributed by atoms with E-state index in [0.717, 1.165) is 18.0 Å². The molecule has 1 saturated heterocycles. The summed E-state index contributed by atoms with van der Waals surface area (Å²) in [6, 6.07) is 1.49. The van der Waals surface area contributed by atoms with E-state index in [0.29, 0.717) is 0 Å². The SMILES string of the molecule is CCCCN(CC1CCCN1)C(C)CC(C)C. The number of nitrogens with one attached hydrogen (secondary N) is 1. The van der Waals surface area contributed by atoms with Gasteiger partial charge in [0.05, 0.1) is 0 Å². The van der Waals surface area contributed by atoms with Gasteiger partial charge in [0.1, 0.15) is 0 Å². The summed E-state index contributed by atoms with van der Waals surface area (Å²) >= 11 is 0. The average molecular weight is 240 g/mol. The molecule has 0 aliphatic carbocycles. The van der Waals surface area contributed by atoms with E-state index in [1.165, 1.54) is 51.7 Å². The molecular weight excluding hydrogens is 208 g/mol. The number of nitrogens with zero attached hydrogens (tertiary/aromatic N) is 1. The van der Waals surface area contributed by atoms with Crippen LogP contribution in [0, 0.1) is 5.92 Å². The predicted octanol–water partition coefficient (Wildman–Crippen LogP) is 3.28. The Balaban J connectivity index is 2.39. The highest BCUT2D eigenvalue weighted by atomic mass is 15.2. The molecule has 2 heteroatoms. The molecule has 2 unspecified atom stereocenters. The summed E-state index contributed by atoms with van der Waals surface area (Å²) < 4.78 is 0. The summed E-state index contributed by atoms with van der Waals surface area (Å²) in [5.74, 6) is 0.811. The first-order valence-corrected chi connectivity index (χ1v) is 7.61. The minimum atomic E-state index is 0.740. The van der Waals surface area contributed by atoms with Crippen LogP contribution in [0.1, 0.15) is 59.8 Å².